The van der Waals surface area contributed by atoms with Crippen molar-refractivity contribution in [2.24, 2.45) is 11.1 Å². The third-order valence-electron chi connectivity index (χ3n) is 4.46. The van der Waals surface area contributed by atoms with Crippen LogP contribution < -0.4 is 16.0 Å². The van der Waals surface area contributed by atoms with E-state index in [1.165, 1.54) is 4.90 Å². The van der Waals surface area contributed by atoms with E-state index in [9.17, 15) is 23.2 Å². The Morgan fingerprint density at radius 3 is 2.59 bits per heavy atom. The van der Waals surface area contributed by atoms with E-state index >= 15 is 0 Å². The van der Waals surface area contributed by atoms with Gasteiger partial charge >= 0.3 is 6.03 Å². The molecule has 1 aliphatic rings. The molecule has 0 radical (unpaired) electrons. The molecule has 0 unspecified atom stereocenters. The number of benzene rings is 1. The Morgan fingerprint density at radius 1 is 1.33 bits per heavy atom. The molecule has 0 spiro atoms. The van der Waals surface area contributed by atoms with Gasteiger partial charge in [0.2, 0.25) is 5.91 Å². The van der Waals surface area contributed by atoms with Crippen LogP contribution in [0.15, 0.2) is 18.2 Å². The van der Waals surface area contributed by atoms with Gasteiger partial charge in [-0.15, -0.1) is 0 Å². The van der Waals surface area contributed by atoms with Gasteiger partial charge in [0.15, 0.2) is 0 Å². The zero-order valence-corrected chi connectivity index (χ0v) is 15.6. The zero-order chi connectivity index (χ0) is 20.4. The molecule has 27 heavy (non-hydrogen) atoms. The van der Waals surface area contributed by atoms with E-state index < -0.39 is 29.6 Å². The van der Waals surface area contributed by atoms with Crippen LogP contribution in [-0.4, -0.2) is 48.9 Å². The number of urea groups is 1. The smallest absolute Gasteiger partial charge is 0.329 e. The maximum Gasteiger partial charge on any atom is 0.329 e. The van der Waals surface area contributed by atoms with Gasteiger partial charge in [-0.1, -0.05) is 13.8 Å². The molecule has 4 amide bonds. The van der Waals surface area contributed by atoms with Gasteiger partial charge in [0, 0.05) is 26.1 Å². The summed E-state index contributed by atoms with van der Waals surface area (Å²) in [4.78, 5) is 38.9. The van der Waals surface area contributed by atoms with E-state index in [-0.39, 0.29) is 29.9 Å². The van der Waals surface area contributed by atoms with Crippen LogP contribution in [0.1, 0.15) is 26.7 Å². The first-order valence-corrected chi connectivity index (χ1v) is 8.59. The first-order chi connectivity index (χ1) is 12.6. The minimum absolute atomic E-state index is 0.0353. The molecule has 0 aromatic heterocycles. The van der Waals surface area contributed by atoms with E-state index in [1.807, 2.05) is 13.8 Å². The number of hydrogen-bond donors (Lipinski definition) is 2. The summed E-state index contributed by atoms with van der Waals surface area (Å²) in [5, 5.41) is 2.43. The van der Waals surface area contributed by atoms with E-state index in [1.54, 1.807) is 7.05 Å². The van der Waals surface area contributed by atoms with Crippen molar-refractivity contribution in [3.63, 3.8) is 0 Å². The second-order valence-corrected chi connectivity index (χ2v) is 7.43. The molecular weight excluding hydrogens is 358 g/mol. The maximum atomic E-state index is 13.9. The largest absolute Gasteiger partial charge is 0.345 e. The Morgan fingerprint density at radius 2 is 2.00 bits per heavy atom. The van der Waals surface area contributed by atoms with Gasteiger partial charge in [-0.2, -0.15) is 0 Å². The Bertz CT molecular complexity index is 754. The van der Waals surface area contributed by atoms with E-state index in [0.717, 1.165) is 12.1 Å². The van der Waals surface area contributed by atoms with Crippen LogP contribution in [0.4, 0.5) is 19.3 Å². The lowest BCUT2D eigenvalue weighted by atomic mass is 9.93. The molecule has 1 aromatic rings. The van der Waals surface area contributed by atoms with Crippen LogP contribution in [0, 0.1) is 17.0 Å². The highest BCUT2D eigenvalue weighted by Gasteiger charge is 2.40. The molecule has 2 rings (SSSR count). The van der Waals surface area contributed by atoms with Crippen LogP contribution in [0.25, 0.3) is 0 Å². The molecule has 1 saturated heterocycles. The van der Waals surface area contributed by atoms with Gasteiger partial charge in [0.25, 0.3) is 5.91 Å². The standard InChI is InChI=1S/C18H24F2N4O3/c1-18(2,9-21)10-23(3)15(25)7-5-13-16(26)24(17(27)22-13)14-6-4-11(19)8-12(14)20/h4,6,8,13H,5,7,9-10,21H2,1-3H3,(H,22,27)/t13-/m0/s1. The fourth-order valence-electron chi connectivity index (χ4n) is 2.87. The van der Waals surface area contributed by atoms with Crippen LogP contribution in [0.2, 0.25) is 0 Å². The summed E-state index contributed by atoms with van der Waals surface area (Å²) in [7, 11) is 1.65. The SMILES string of the molecule is CN(CC(C)(C)CN)C(=O)CC[C@@H]1NC(=O)N(c2ccc(F)cc2F)C1=O. The van der Waals surface area contributed by atoms with Crippen LogP contribution in [0.5, 0.6) is 0 Å². The van der Waals surface area contributed by atoms with E-state index in [4.69, 9.17) is 5.73 Å². The Kier molecular flexibility index (Phi) is 6.15. The summed E-state index contributed by atoms with van der Waals surface area (Å²) in [6, 6.07) is 0.839. The average Bonchev–Trinajstić information content (AvgIpc) is 2.86. The fraction of sp³-hybridized carbons (Fsp3) is 0.500. The first kappa shape index (κ1) is 20.8. The highest BCUT2D eigenvalue weighted by molar-refractivity contribution is 6.21. The summed E-state index contributed by atoms with van der Waals surface area (Å²) in [6.07, 6.45) is 0.115. The normalized spacial score (nSPS) is 17.3. The number of hydrogen-bond acceptors (Lipinski definition) is 4. The van der Waals surface area contributed by atoms with Gasteiger partial charge in [-0.25, -0.2) is 18.5 Å². The molecule has 1 aliphatic heterocycles. The Balaban J connectivity index is 2.00. The molecule has 7 nitrogen and oxygen atoms in total. The summed E-state index contributed by atoms with van der Waals surface area (Å²) < 4.78 is 26.9. The lowest BCUT2D eigenvalue weighted by molar-refractivity contribution is -0.131. The number of carbonyl (C=O) groups excluding carboxylic acids is 3. The average molecular weight is 382 g/mol. The fourth-order valence-corrected chi connectivity index (χ4v) is 2.87. The monoisotopic (exact) mass is 382 g/mol. The van der Waals surface area contributed by atoms with Crippen molar-refractivity contribution >= 4 is 23.5 Å². The predicted molar refractivity (Wildman–Crippen MR) is 95.9 cm³/mol. The molecule has 0 saturated carbocycles. The number of nitrogens with two attached hydrogens (primary N) is 1. The molecule has 1 aromatic carbocycles. The van der Waals surface area contributed by atoms with Gasteiger partial charge in [-0.05, 0) is 30.5 Å². The highest BCUT2D eigenvalue weighted by Crippen LogP contribution is 2.25. The van der Waals surface area contributed by atoms with Crippen molar-refractivity contribution in [2.75, 3.05) is 25.0 Å². The molecule has 3 N–H and O–H groups in total. The van der Waals surface area contributed by atoms with E-state index in [0.29, 0.717) is 24.1 Å². The highest BCUT2D eigenvalue weighted by atomic mass is 19.1. The molecular formula is C18H24F2N4O3. The lowest BCUT2D eigenvalue weighted by Gasteiger charge is -2.29. The second-order valence-electron chi connectivity index (χ2n) is 7.43. The van der Waals surface area contributed by atoms with Gasteiger partial charge in [0.1, 0.15) is 17.7 Å². The number of amides is 4. The van der Waals surface area contributed by atoms with Crippen molar-refractivity contribution in [1.29, 1.82) is 0 Å². The number of nitrogens with zero attached hydrogens (tertiary/aromatic N) is 2. The minimum atomic E-state index is -1.01. The maximum absolute atomic E-state index is 13.9. The summed E-state index contributed by atoms with van der Waals surface area (Å²) >= 11 is 0. The lowest BCUT2D eigenvalue weighted by Crippen LogP contribution is -2.40. The second kappa shape index (κ2) is 7.99. The van der Waals surface area contributed by atoms with Crippen LogP contribution in [-0.2, 0) is 9.59 Å². The third-order valence-corrected chi connectivity index (χ3v) is 4.46. The molecule has 9 heteroatoms. The number of rotatable bonds is 7. The zero-order valence-electron chi connectivity index (χ0n) is 15.6. The number of anilines is 1. The first-order valence-electron chi connectivity index (χ1n) is 8.59. The molecule has 0 aliphatic carbocycles. The molecule has 1 atom stereocenters. The van der Waals surface area contributed by atoms with Crippen molar-refractivity contribution in [2.45, 2.75) is 32.7 Å². The summed E-state index contributed by atoms with van der Waals surface area (Å²) in [6.45, 7) is 4.75. The number of halogens is 2. The van der Waals surface area contributed by atoms with Gasteiger partial charge in [-0.3, -0.25) is 9.59 Å². The molecule has 148 valence electrons. The van der Waals surface area contributed by atoms with Crippen molar-refractivity contribution in [1.82, 2.24) is 10.2 Å². The predicted octanol–water partition coefficient (Wildman–Crippen LogP) is 1.61. The Labute approximate surface area is 156 Å². The van der Waals surface area contributed by atoms with Crippen LogP contribution >= 0.6 is 0 Å². The van der Waals surface area contributed by atoms with Crippen molar-refractivity contribution < 1.29 is 23.2 Å². The number of imide groups is 1. The third kappa shape index (κ3) is 4.79. The summed E-state index contributed by atoms with van der Waals surface area (Å²) in [5.74, 6) is -2.69. The van der Waals surface area contributed by atoms with Gasteiger partial charge in [0.05, 0.1) is 5.69 Å². The van der Waals surface area contributed by atoms with E-state index in [2.05, 4.69) is 5.32 Å². The minimum Gasteiger partial charge on any atom is -0.345 e. The number of carbonyl (C=O) groups is 3. The molecule has 1 fully saturated rings. The van der Waals surface area contributed by atoms with Crippen LogP contribution in [0.3, 0.4) is 0 Å². The van der Waals surface area contributed by atoms with Crippen molar-refractivity contribution in [3.05, 3.63) is 29.8 Å². The quantitative estimate of drug-likeness (QED) is 0.701. The molecule has 1 heterocycles. The van der Waals surface area contributed by atoms with Gasteiger partial charge < -0.3 is 16.0 Å². The Hall–Kier alpha value is -2.55. The topological polar surface area (TPSA) is 95.7 Å². The summed E-state index contributed by atoms with van der Waals surface area (Å²) in [5.41, 5.74) is 5.10. The molecule has 0 bridgehead atoms. The van der Waals surface area contributed by atoms with Crippen molar-refractivity contribution in [3.8, 4) is 0 Å². The number of nitrogens with one attached hydrogen (secondary N) is 1.